The van der Waals surface area contributed by atoms with Gasteiger partial charge in [0, 0.05) is 37.9 Å². The molecule has 0 atom stereocenters. The minimum Gasteiger partial charge on any atom is -0.493 e. The number of hydrogen-bond acceptors (Lipinski definition) is 6. The van der Waals surface area contributed by atoms with Crippen molar-refractivity contribution in [3.8, 4) is 11.5 Å². The van der Waals surface area contributed by atoms with Crippen LogP contribution in [0.1, 0.15) is 36.2 Å². The Morgan fingerprint density at radius 1 is 1.17 bits per heavy atom. The van der Waals surface area contributed by atoms with Crippen LogP contribution < -0.4 is 14.4 Å². The maximum atomic E-state index is 13.1. The van der Waals surface area contributed by atoms with Crippen molar-refractivity contribution in [2.45, 2.75) is 38.7 Å². The maximum Gasteiger partial charge on any atom is 0.299 e. The molecule has 0 unspecified atom stereocenters. The van der Waals surface area contributed by atoms with Gasteiger partial charge in [0.25, 0.3) is 6.43 Å². The van der Waals surface area contributed by atoms with E-state index in [2.05, 4.69) is 26.3 Å². The van der Waals surface area contributed by atoms with Gasteiger partial charge in [0.1, 0.15) is 17.6 Å². The van der Waals surface area contributed by atoms with Gasteiger partial charge in [-0.25, -0.2) is 8.78 Å². The number of piperidine rings is 1. The summed E-state index contributed by atoms with van der Waals surface area (Å²) in [6, 6.07) is 7.73. The van der Waals surface area contributed by atoms with Crippen LogP contribution >= 0.6 is 0 Å². The van der Waals surface area contributed by atoms with Gasteiger partial charge >= 0.3 is 0 Å². The lowest BCUT2D eigenvalue weighted by atomic mass is 10.1. The van der Waals surface area contributed by atoms with Crippen LogP contribution in [0.3, 0.4) is 0 Å². The number of alkyl halides is 2. The van der Waals surface area contributed by atoms with Gasteiger partial charge in [-0.3, -0.25) is 0 Å². The van der Waals surface area contributed by atoms with E-state index >= 15 is 0 Å². The number of aryl methyl sites for hydroxylation is 1. The lowest BCUT2D eigenvalue weighted by Crippen LogP contribution is -2.39. The lowest BCUT2D eigenvalue weighted by Gasteiger charge is -2.33. The maximum absolute atomic E-state index is 13.1. The van der Waals surface area contributed by atoms with Crippen molar-refractivity contribution in [3.05, 3.63) is 41.2 Å². The second-order valence-electron chi connectivity index (χ2n) is 7.45. The van der Waals surface area contributed by atoms with E-state index in [0.29, 0.717) is 11.5 Å². The second kappa shape index (κ2) is 7.13. The summed E-state index contributed by atoms with van der Waals surface area (Å²) in [5, 5.41) is 11.8. The number of anilines is 1. The number of ether oxygens (including phenoxy) is 2. The van der Waals surface area contributed by atoms with Crippen LogP contribution in [-0.4, -0.2) is 45.6 Å². The van der Waals surface area contributed by atoms with Gasteiger partial charge in [-0.05, 0) is 36.8 Å². The summed E-state index contributed by atoms with van der Waals surface area (Å²) < 4.78 is 39.1. The highest BCUT2D eigenvalue weighted by atomic mass is 19.3. The SMILES string of the molecule is Cc1cc2nnc(C(F)F)n2nc1N1CCC(Oc2ccc3c(c2)CCO3)CC1. The molecule has 1 saturated heterocycles. The summed E-state index contributed by atoms with van der Waals surface area (Å²) in [5.41, 5.74) is 2.42. The molecule has 152 valence electrons. The number of aromatic nitrogens is 4. The first-order valence-electron chi connectivity index (χ1n) is 9.77. The highest BCUT2D eigenvalue weighted by Crippen LogP contribution is 2.31. The van der Waals surface area contributed by atoms with Crippen molar-refractivity contribution in [1.29, 1.82) is 0 Å². The summed E-state index contributed by atoms with van der Waals surface area (Å²) >= 11 is 0. The van der Waals surface area contributed by atoms with Crippen LogP contribution in [0.25, 0.3) is 5.65 Å². The highest BCUT2D eigenvalue weighted by molar-refractivity contribution is 5.53. The number of halogens is 2. The average Bonchev–Trinajstić information content (AvgIpc) is 3.34. The number of hydrogen-bond donors (Lipinski definition) is 0. The standard InChI is InChI=1S/C20H21F2N5O2/c1-12-10-17-23-24-20(18(21)22)27(17)25-19(12)26-7-4-14(5-8-26)29-15-2-3-16-13(11-15)6-9-28-16/h2-3,10-11,14,18H,4-9H2,1H3. The molecule has 2 aliphatic heterocycles. The monoisotopic (exact) mass is 401 g/mol. The molecule has 2 aromatic heterocycles. The molecule has 2 aliphatic rings. The largest absolute Gasteiger partial charge is 0.493 e. The average molecular weight is 401 g/mol. The Morgan fingerprint density at radius 2 is 2.00 bits per heavy atom. The Hall–Kier alpha value is -2.97. The van der Waals surface area contributed by atoms with E-state index in [9.17, 15) is 8.78 Å². The molecule has 0 N–H and O–H groups in total. The first-order chi connectivity index (χ1) is 14.1. The third-order valence-corrected chi connectivity index (χ3v) is 5.48. The van der Waals surface area contributed by atoms with E-state index < -0.39 is 12.2 Å². The van der Waals surface area contributed by atoms with E-state index in [-0.39, 0.29) is 6.10 Å². The van der Waals surface area contributed by atoms with Crippen molar-refractivity contribution >= 4 is 11.5 Å². The van der Waals surface area contributed by atoms with Crippen molar-refractivity contribution in [1.82, 2.24) is 19.8 Å². The van der Waals surface area contributed by atoms with Crippen LogP contribution in [0.4, 0.5) is 14.6 Å². The minimum atomic E-state index is -2.72. The van der Waals surface area contributed by atoms with E-state index in [1.165, 1.54) is 5.56 Å². The Kier molecular flexibility index (Phi) is 4.44. The molecule has 29 heavy (non-hydrogen) atoms. The molecule has 0 radical (unpaired) electrons. The molecule has 9 heteroatoms. The lowest BCUT2D eigenvalue weighted by molar-refractivity contribution is 0.137. The molecule has 0 saturated carbocycles. The Labute approximate surface area is 166 Å². The van der Waals surface area contributed by atoms with Gasteiger partial charge in [0.15, 0.2) is 11.5 Å². The third-order valence-electron chi connectivity index (χ3n) is 5.48. The molecule has 0 spiro atoms. The summed E-state index contributed by atoms with van der Waals surface area (Å²) in [4.78, 5) is 2.11. The zero-order valence-electron chi connectivity index (χ0n) is 16.0. The Morgan fingerprint density at radius 3 is 2.79 bits per heavy atom. The normalized spacial score (nSPS) is 17.0. The van der Waals surface area contributed by atoms with Gasteiger partial charge in [-0.15, -0.1) is 15.3 Å². The molecule has 0 aliphatic carbocycles. The minimum absolute atomic E-state index is 0.113. The van der Waals surface area contributed by atoms with Gasteiger partial charge in [-0.1, -0.05) is 0 Å². The van der Waals surface area contributed by atoms with Crippen LogP contribution in [0.15, 0.2) is 24.3 Å². The van der Waals surface area contributed by atoms with Crippen LogP contribution in [0.2, 0.25) is 0 Å². The second-order valence-corrected chi connectivity index (χ2v) is 7.45. The molecule has 0 amide bonds. The van der Waals surface area contributed by atoms with Crippen molar-refractivity contribution in [2.24, 2.45) is 0 Å². The van der Waals surface area contributed by atoms with E-state index in [4.69, 9.17) is 9.47 Å². The molecule has 0 bridgehead atoms. The molecule has 4 heterocycles. The number of nitrogens with zero attached hydrogens (tertiary/aromatic N) is 5. The van der Waals surface area contributed by atoms with Crippen molar-refractivity contribution < 1.29 is 18.3 Å². The summed E-state index contributed by atoms with van der Waals surface area (Å²) in [6.07, 6.45) is -0.0258. The van der Waals surface area contributed by atoms with E-state index in [0.717, 1.165) is 60.5 Å². The highest BCUT2D eigenvalue weighted by Gasteiger charge is 2.25. The van der Waals surface area contributed by atoms with E-state index in [1.807, 2.05) is 19.1 Å². The summed E-state index contributed by atoms with van der Waals surface area (Å²) in [6.45, 7) is 4.12. The first-order valence-corrected chi connectivity index (χ1v) is 9.77. The predicted octanol–water partition coefficient (Wildman–Crippen LogP) is 3.35. The van der Waals surface area contributed by atoms with Gasteiger partial charge in [0.2, 0.25) is 5.82 Å². The number of fused-ring (bicyclic) bond motifs is 2. The fourth-order valence-electron chi connectivity index (χ4n) is 3.99. The topological polar surface area (TPSA) is 64.8 Å². The van der Waals surface area contributed by atoms with Crippen LogP contribution in [0.5, 0.6) is 11.5 Å². The van der Waals surface area contributed by atoms with Gasteiger partial charge in [-0.2, -0.15) is 4.52 Å². The molecule has 5 rings (SSSR count). The summed E-state index contributed by atoms with van der Waals surface area (Å²) in [5.74, 6) is 2.07. The fourth-order valence-corrected chi connectivity index (χ4v) is 3.99. The quantitative estimate of drug-likeness (QED) is 0.668. The Balaban J connectivity index is 1.29. The molecule has 7 nitrogen and oxygen atoms in total. The number of benzene rings is 1. The third kappa shape index (κ3) is 3.34. The van der Waals surface area contributed by atoms with Gasteiger partial charge in [0.05, 0.1) is 6.61 Å². The van der Waals surface area contributed by atoms with E-state index in [1.54, 1.807) is 6.07 Å². The molecular weight excluding hydrogens is 380 g/mol. The van der Waals surface area contributed by atoms with Crippen LogP contribution in [-0.2, 0) is 6.42 Å². The zero-order chi connectivity index (χ0) is 20.0. The zero-order valence-corrected chi connectivity index (χ0v) is 16.0. The van der Waals surface area contributed by atoms with Crippen molar-refractivity contribution in [2.75, 3.05) is 24.6 Å². The van der Waals surface area contributed by atoms with Gasteiger partial charge < -0.3 is 14.4 Å². The van der Waals surface area contributed by atoms with Crippen LogP contribution in [0, 0.1) is 6.92 Å². The smallest absolute Gasteiger partial charge is 0.299 e. The molecule has 3 aromatic rings. The molecular formula is C20H21F2N5O2. The molecule has 1 aromatic carbocycles. The summed E-state index contributed by atoms with van der Waals surface area (Å²) in [7, 11) is 0. The number of rotatable bonds is 4. The van der Waals surface area contributed by atoms with Crippen molar-refractivity contribution in [3.63, 3.8) is 0 Å². The molecule has 1 fully saturated rings. The fraction of sp³-hybridized carbons (Fsp3) is 0.450. The predicted molar refractivity (Wildman–Crippen MR) is 102 cm³/mol. The first kappa shape index (κ1) is 18.1. The Bertz CT molecular complexity index is 1050.